The summed E-state index contributed by atoms with van der Waals surface area (Å²) in [5.41, 5.74) is 3.11. The van der Waals surface area contributed by atoms with Crippen LogP contribution in [0.25, 0.3) is 0 Å². The van der Waals surface area contributed by atoms with Crippen molar-refractivity contribution in [1.29, 1.82) is 0 Å². The molecule has 2 amide bonds. The van der Waals surface area contributed by atoms with E-state index in [9.17, 15) is 9.59 Å². The number of hydrogen-bond donors (Lipinski definition) is 1. The predicted molar refractivity (Wildman–Crippen MR) is 137 cm³/mol. The summed E-state index contributed by atoms with van der Waals surface area (Å²) >= 11 is 0. The molecule has 0 unspecified atom stereocenters. The second kappa shape index (κ2) is 13.2. The van der Waals surface area contributed by atoms with Gasteiger partial charge in [-0.15, -0.1) is 0 Å². The van der Waals surface area contributed by atoms with Crippen molar-refractivity contribution in [3.05, 3.63) is 95.6 Å². The molecule has 0 aliphatic carbocycles. The van der Waals surface area contributed by atoms with Gasteiger partial charge < -0.3 is 19.7 Å². The number of nitrogens with one attached hydrogen (secondary N) is 1. The van der Waals surface area contributed by atoms with Crippen LogP contribution in [0.2, 0.25) is 0 Å². The molecule has 6 heteroatoms. The normalized spacial score (nSPS) is 11.4. The zero-order valence-corrected chi connectivity index (χ0v) is 20.7. The summed E-state index contributed by atoms with van der Waals surface area (Å²) in [5.74, 6) is 1.24. The van der Waals surface area contributed by atoms with Crippen LogP contribution in [0, 0.1) is 6.92 Å². The maximum absolute atomic E-state index is 13.5. The van der Waals surface area contributed by atoms with Gasteiger partial charge in [0, 0.05) is 26.4 Å². The topological polar surface area (TPSA) is 67.9 Å². The Balaban J connectivity index is 1.72. The monoisotopic (exact) mass is 474 g/mol. The summed E-state index contributed by atoms with van der Waals surface area (Å²) < 4.78 is 11.0. The molecule has 184 valence electrons. The molecule has 0 heterocycles. The minimum atomic E-state index is -0.613. The highest BCUT2D eigenvalue weighted by molar-refractivity contribution is 5.87. The second-order valence-corrected chi connectivity index (χ2v) is 8.46. The van der Waals surface area contributed by atoms with Gasteiger partial charge in [0.15, 0.2) is 0 Å². The number of amides is 2. The minimum Gasteiger partial charge on any atom is -0.497 e. The van der Waals surface area contributed by atoms with Crippen LogP contribution >= 0.6 is 0 Å². The van der Waals surface area contributed by atoms with E-state index in [1.54, 1.807) is 19.1 Å². The van der Waals surface area contributed by atoms with Crippen LogP contribution in [0.3, 0.4) is 0 Å². The summed E-state index contributed by atoms with van der Waals surface area (Å²) in [6.07, 6.45) is 1.27. The largest absolute Gasteiger partial charge is 0.497 e. The van der Waals surface area contributed by atoms with Gasteiger partial charge in [0.25, 0.3) is 0 Å². The molecule has 0 bridgehead atoms. The minimum absolute atomic E-state index is 0.0747. The highest BCUT2D eigenvalue weighted by Crippen LogP contribution is 2.19. The molecule has 0 saturated carbocycles. The van der Waals surface area contributed by atoms with Crippen LogP contribution in [0.5, 0.6) is 11.5 Å². The average molecular weight is 475 g/mol. The quantitative estimate of drug-likeness (QED) is 0.391. The number of benzene rings is 3. The summed E-state index contributed by atoms with van der Waals surface area (Å²) in [6, 6.07) is 24.6. The number of rotatable bonds is 12. The fourth-order valence-electron chi connectivity index (χ4n) is 3.96. The van der Waals surface area contributed by atoms with Gasteiger partial charge in [-0.2, -0.15) is 0 Å². The van der Waals surface area contributed by atoms with Gasteiger partial charge in [0.1, 0.15) is 17.5 Å². The van der Waals surface area contributed by atoms with Gasteiger partial charge in [-0.1, -0.05) is 60.2 Å². The van der Waals surface area contributed by atoms with Crippen LogP contribution in [0.4, 0.5) is 0 Å². The van der Waals surface area contributed by atoms with Crippen molar-refractivity contribution in [3.8, 4) is 11.5 Å². The average Bonchev–Trinajstić information content (AvgIpc) is 2.89. The van der Waals surface area contributed by atoms with Gasteiger partial charge in [-0.3, -0.25) is 9.59 Å². The van der Waals surface area contributed by atoms with Crippen molar-refractivity contribution in [3.63, 3.8) is 0 Å². The lowest BCUT2D eigenvalue weighted by Gasteiger charge is -2.31. The molecule has 0 radical (unpaired) electrons. The summed E-state index contributed by atoms with van der Waals surface area (Å²) in [6.45, 7) is 2.79. The Morgan fingerprint density at radius 1 is 0.914 bits per heavy atom. The molecule has 3 rings (SSSR count). The lowest BCUT2D eigenvalue weighted by Crippen LogP contribution is -2.49. The Labute approximate surface area is 207 Å². The van der Waals surface area contributed by atoms with E-state index in [0.29, 0.717) is 26.0 Å². The van der Waals surface area contributed by atoms with Gasteiger partial charge in [0.2, 0.25) is 11.8 Å². The van der Waals surface area contributed by atoms with Gasteiger partial charge >= 0.3 is 0 Å². The number of nitrogens with zero attached hydrogens (tertiary/aromatic N) is 1. The molecule has 0 aromatic heterocycles. The van der Waals surface area contributed by atoms with E-state index in [-0.39, 0.29) is 18.2 Å². The molecule has 1 N–H and O–H groups in total. The predicted octanol–water partition coefficient (Wildman–Crippen LogP) is 4.55. The smallest absolute Gasteiger partial charge is 0.242 e. The SMILES string of the molecule is CNC(=O)[C@@H](Cc1ccccc1)N(Cc1cccc(C)c1)C(=O)CCCOc1ccc(OC)cc1. The molecule has 0 spiro atoms. The number of hydrogen-bond acceptors (Lipinski definition) is 4. The highest BCUT2D eigenvalue weighted by atomic mass is 16.5. The molecule has 0 aliphatic heterocycles. The van der Waals surface area contributed by atoms with E-state index in [0.717, 1.165) is 28.2 Å². The Hall–Kier alpha value is -3.80. The number of aryl methyl sites for hydroxylation is 1. The van der Waals surface area contributed by atoms with Gasteiger partial charge in [-0.25, -0.2) is 0 Å². The van der Waals surface area contributed by atoms with Crippen molar-refractivity contribution >= 4 is 11.8 Å². The fraction of sp³-hybridized carbons (Fsp3) is 0.310. The number of carbonyl (C=O) groups excluding carboxylic acids is 2. The first-order valence-corrected chi connectivity index (χ1v) is 11.9. The van der Waals surface area contributed by atoms with Crippen molar-refractivity contribution in [2.75, 3.05) is 20.8 Å². The lowest BCUT2D eigenvalue weighted by atomic mass is 10.0. The molecule has 0 saturated heterocycles. The van der Waals surface area contributed by atoms with Crippen LogP contribution in [0.15, 0.2) is 78.9 Å². The number of methoxy groups -OCH3 is 1. The zero-order valence-electron chi connectivity index (χ0n) is 20.7. The third kappa shape index (κ3) is 7.88. The lowest BCUT2D eigenvalue weighted by molar-refractivity contribution is -0.141. The maximum Gasteiger partial charge on any atom is 0.242 e. The number of ether oxygens (including phenoxy) is 2. The summed E-state index contributed by atoms with van der Waals surface area (Å²) in [4.78, 5) is 28.1. The summed E-state index contributed by atoms with van der Waals surface area (Å²) in [5, 5.41) is 2.75. The van der Waals surface area contributed by atoms with Crippen molar-refractivity contribution < 1.29 is 19.1 Å². The Morgan fingerprint density at radius 3 is 2.26 bits per heavy atom. The Bertz CT molecular complexity index is 1080. The first-order valence-electron chi connectivity index (χ1n) is 11.9. The Morgan fingerprint density at radius 2 is 1.60 bits per heavy atom. The van der Waals surface area contributed by atoms with Crippen molar-refractivity contribution in [2.24, 2.45) is 0 Å². The maximum atomic E-state index is 13.5. The van der Waals surface area contributed by atoms with Gasteiger partial charge in [0.05, 0.1) is 13.7 Å². The number of likely N-dealkylation sites (N-methyl/N-ethyl adjacent to an activating group) is 1. The standard InChI is InChI=1S/C29H34N2O4/c1-22-9-7-12-24(19-22)21-31(27(29(33)30-2)20-23-10-5-4-6-11-23)28(32)13-8-18-35-26-16-14-25(34-3)15-17-26/h4-7,9-12,14-17,19,27H,8,13,18,20-21H2,1-3H3,(H,30,33)/t27-/m1/s1. The second-order valence-electron chi connectivity index (χ2n) is 8.46. The van der Waals surface area contributed by atoms with Crippen LogP contribution in [-0.2, 0) is 22.6 Å². The Kier molecular flexibility index (Phi) is 9.72. The van der Waals surface area contributed by atoms with Crippen LogP contribution in [0.1, 0.15) is 29.5 Å². The third-order valence-electron chi connectivity index (χ3n) is 5.82. The molecule has 35 heavy (non-hydrogen) atoms. The first-order chi connectivity index (χ1) is 17.0. The molecule has 6 nitrogen and oxygen atoms in total. The first kappa shape index (κ1) is 25.8. The molecule has 3 aromatic carbocycles. The molecule has 3 aromatic rings. The molecular formula is C29H34N2O4. The van der Waals surface area contributed by atoms with E-state index >= 15 is 0 Å². The fourth-order valence-corrected chi connectivity index (χ4v) is 3.96. The van der Waals surface area contributed by atoms with E-state index in [4.69, 9.17) is 9.47 Å². The zero-order chi connectivity index (χ0) is 25.0. The van der Waals surface area contributed by atoms with Crippen LogP contribution in [-0.4, -0.2) is 43.5 Å². The molecule has 1 atom stereocenters. The molecule has 0 fully saturated rings. The van der Waals surface area contributed by atoms with E-state index in [1.807, 2.05) is 79.7 Å². The van der Waals surface area contributed by atoms with Crippen molar-refractivity contribution in [2.45, 2.75) is 38.8 Å². The van der Waals surface area contributed by atoms with Crippen molar-refractivity contribution in [1.82, 2.24) is 10.2 Å². The highest BCUT2D eigenvalue weighted by Gasteiger charge is 2.29. The van der Waals surface area contributed by atoms with E-state index < -0.39 is 6.04 Å². The third-order valence-corrected chi connectivity index (χ3v) is 5.82. The van der Waals surface area contributed by atoms with E-state index in [2.05, 4.69) is 11.4 Å². The summed E-state index contributed by atoms with van der Waals surface area (Å²) in [7, 11) is 3.23. The van der Waals surface area contributed by atoms with Gasteiger partial charge in [-0.05, 0) is 48.7 Å². The molecule has 0 aliphatic rings. The van der Waals surface area contributed by atoms with Crippen LogP contribution < -0.4 is 14.8 Å². The number of carbonyl (C=O) groups is 2. The molecular weight excluding hydrogens is 440 g/mol. The van der Waals surface area contributed by atoms with E-state index in [1.165, 1.54) is 0 Å².